The maximum atomic E-state index is 12.6. The van der Waals surface area contributed by atoms with Crippen LogP contribution < -0.4 is 5.14 Å². The number of nitrogens with zero attached hydrogens (tertiary/aromatic N) is 2. The minimum atomic E-state index is -3.89. The number of aromatic nitrogens is 1. The lowest BCUT2D eigenvalue weighted by molar-refractivity contribution is 0.0785. The van der Waals surface area contributed by atoms with Gasteiger partial charge in [0.25, 0.3) is 15.9 Å². The first-order valence-corrected chi connectivity index (χ1v) is 9.76. The molecule has 2 heterocycles. The van der Waals surface area contributed by atoms with Crippen molar-refractivity contribution in [1.82, 2.24) is 9.88 Å². The molecule has 1 aromatic rings. The maximum absolute atomic E-state index is 12.6. The first kappa shape index (κ1) is 16.4. The SMILES string of the molecule is NS(=O)(=O)c1cc(C(=O)N2CCC(CC3CCCC3)C2)ccn1. The largest absolute Gasteiger partial charge is 0.338 e. The van der Waals surface area contributed by atoms with E-state index in [0.717, 1.165) is 25.4 Å². The number of primary sulfonamides is 1. The van der Waals surface area contributed by atoms with Gasteiger partial charge in [-0.2, -0.15) is 0 Å². The minimum absolute atomic E-state index is 0.133. The molecule has 0 radical (unpaired) electrons. The topological polar surface area (TPSA) is 93.4 Å². The van der Waals surface area contributed by atoms with E-state index < -0.39 is 10.0 Å². The standard InChI is InChI=1S/C16H23N3O3S/c17-23(21,22)15-10-14(5-7-18-15)16(20)19-8-6-13(11-19)9-12-3-1-2-4-12/h5,7,10,12-13H,1-4,6,8-9,11H2,(H2,17,21,22). The van der Waals surface area contributed by atoms with Gasteiger partial charge >= 0.3 is 0 Å². The lowest BCUT2D eigenvalue weighted by Crippen LogP contribution is -2.29. The quantitative estimate of drug-likeness (QED) is 0.906. The van der Waals surface area contributed by atoms with E-state index in [0.29, 0.717) is 11.5 Å². The Labute approximate surface area is 137 Å². The van der Waals surface area contributed by atoms with Gasteiger partial charge in [-0.1, -0.05) is 25.7 Å². The van der Waals surface area contributed by atoms with Crippen molar-refractivity contribution < 1.29 is 13.2 Å². The number of likely N-dealkylation sites (tertiary alicyclic amines) is 1. The van der Waals surface area contributed by atoms with Gasteiger partial charge in [0.1, 0.15) is 0 Å². The van der Waals surface area contributed by atoms with Crippen molar-refractivity contribution in [2.45, 2.75) is 43.6 Å². The van der Waals surface area contributed by atoms with Crippen LogP contribution in [0.3, 0.4) is 0 Å². The predicted molar refractivity (Wildman–Crippen MR) is 86.2 cm³/mol. The van der Waals surface area contributed by atoms with Crippen LogP contribution in [-0.4, -0.2) is 37.3 Å². The fourth-order valence-corrected chi connectivity index (χ4v) is 4.31. The first-order valence-electron chi connectivity index (χ1n) is 8.21. The summed E-state index contributed by atoms with van der Waals surface area (Å²) in [6.07, 6.45) is 8.90. The summed E-state index contributed by atoms with van der Waals surface area (Å²) in [4.78, 5) is 18.1. The highest BCUT2D eigenvalue weighted by Gasteiger charge is 2.30. The molecular weight excluding hydrogens is 314 g/mol. The molecule has 0 aromatic carbocycles. The number of nitrogens with two attached hydrogens (primary N) is 1. The van der Waals surface area contributed by atoms with Crippen LogP contribution in [0, 0.1) is 11.8 Å². The average Bonchev–Trinajstić information content (AvgIpc) is 3.18. The van der Waals surface area contributed by atoms with Gasteiger partial charge in [0.05, 0.1) is 0 Å². The van der Waals surface area contributed by atoms with Crippen molar-refractivity contribution in [3.63, 3.8) is 0 Å². The van der Waals surface area contributed by atoms with Crippen LogP contribution in [0.5, 0.6) is 0 Å². The van der Waals surface area contributed by atoms with E-state index in [1.807, 2.05) is 4.90 Å². The molecule has 1 unspecified atom stereocenters. The number of pyridine rings is 1. The van der Waals surface area contributed by atoms with Crippen molar-refractivity contribution in [3.05, 3.63) is 23.9 Å². The van der Waals surface area contributed by atoms with Gasteiger partial charge in [0.15, 0.2) is 5.03 Å². The van der Waals surface area contributed by atoms with Crippen LogP contribution in [-0.2, 0) is 10.0 Å². The van der Waals surface area contributed by atoms with E-state index in [4.69, 9.17) is 5.14 Å². The Morgan fingerprint density at radius 1 is 1.26 bits per heavy atom. The zero-order valence-electron chi connectivity index (χ0n) is 13.1. The highest BCUT2D eigenvalue weighted by atomic mass is 32.2. The lowest BCUT2D eigenvalue weighted by atomic mass is 9.93. The van der Waals surface area contributed by atoms with Gasteiger partial charge in [0, 0.05) is 24.8 Å². The molecule has 1 aliphatic carbocycles. The van der Waals surface area contributed by atoms with Gasteiger partial charge < -0.3 is 4.90 Å². The monoisotopic (exact) mass is 337 g/mol. The van der Waals surface area contributed by atoms with Crippen LogP contribution in [0.2, 0.25) is 0 Å². The summed E-state index contributed by atoms with van der Waals surface area (Å²) in [6, 6.07) is 2.81. The molecule has 7 heteroatoms. The molecule has 2 aliphatic rings. The Balaban J connectivity index is 1.64. The third-order valence-corrected chi connectivity index (χ3v) is 5.79. The summed E-state index contributed by atoms with van der Waals surface area (Å²) in [6.45, 7) is 1.51. The van der Waals surface area contributed by atoms with Crippen molar-refractivity contribution in [2.24, 2.45) is 17.0 Å². The summed E-state index contributed by atoms with van der Waals surface area (Å²) in [5.41, 5.74) is 0.338. The molecule has 126 valence electrons. The van der Waals surface area contributed by atoms with E-state index in [2.05, 4.69) is 4.98 Å². The van der Waals surface area contributed by atoms with Crippen molar-refractivity contribution in [2.75, 3.05) is 13.1 Å². The Morgan fingerprint density at radius 3 is 2.70 bits per heavy atom. The molecule has 2 fully saturated rings. The Bertz CT molecular complexity index is 684. The zero-order valence-corrected chi connectivity index (χ0v) is 14.0. The molecule has 1 aliphatic heterocycles. The number of amides is 1. The number of hydrogen-bond donors (Lipinski definition) is 1. The average molecular weight is 337 g/mol. The summed E-state index contributed by atoms with van der Waals surface area (Å²) < 4.78 is 22.7. The zero-order chi connectivity index (χ0) is 16.4. The normalized spacial score (nSPS) is 22.7. The molecule has 1 atom stereocenters. The second-order valence-corrected chi connectivity index (χ2v) is 8.23. The fourth-order valence-electron chi connectivity index (χ4n) is 3.81. The minimum Gasteiger partial charge on any atom is -0.338 e. The predicted octanol–water partition coefficient (Wildman–Crippen LogP) is 1.77. The summed E-state index contributed by atoms with van der Waals surface area (Å²) in [5, 5.41) is 4.82. The van der Waals surface area contributed by atoms with Gasteiger partial charge in [-0.3, -0.25) is 4.79 Å². The number of rotatable bonds is 4. The number of sulfonamides is 1. The molecule has 3 rings (SSSR count). The third-order valence-electron chi connectivity index (χ3n) is 4.99. The smallest absolute Gasteiger partial charge is 0.255 e. The summed E-state index contributed by atoms with van der Waals surface area (Å²) in [5.74, 6) is 1.26. The van der Waals surface area contributed by atoms with Crippen LogP contribution in [0.4, 0.5) is 0 Å². The maximum Gasteiger partial charge on any atom is 0.255 e. The van der Waals surface area contributed by atoms with Gasteiger partial charge in [0.2, 0.25) is 0 Å². The molecule has 2 N–H and O–H groups in total. The third kappa shape index (κ3) is 3.90. The van der Waals surface area contributed by atoms with E-state index >= 15 is 0 Å². The Morgan fingerprint density at radius 2 is 2.00 bits per heavy atom. The van der Waals surface area contributed by atoms with Crippen LogP contribution in [0.15, 0.2) is 23.4 Å². The Hall–Kier alpha value is -1.47. The molecule has 1 amide bonds. The fraction of sp³-hybridized carbons (Fsp3) is 0.625. The van der Waals surface area contributed by atoms with Gasteiger partial charge in [-0.25, -0.2) is 18.5 Å². The van der Waals surface area contributed by atoms with Crippen LogP contribution in [0.1, 0.15) is 48.9 Å². The van der Waals surface area contributed by atoms with Gasteiger partial charge in [-0.15, -0.1) is 0 Å². The first-order chi connectivity index (χ1) is 10.9. The lowest BCUT2D eigenvalue weighted by Gasteiger charge is -2.18. The molecule has 6 nitrogen and oxygen atoms in total. The highest BCUT2D eigenvalue weighted by molar-refractivity contribution is 7.89. The molecule has 0 bridgehead atoms. The van der Waals surface area contributed by atoms with Crippen LogP contribution >= 0.6 is 0 Å². The number of carbonyl (C=O) groups excluding carboxylic acids is 1. The van der Waals surface area contributed by atoms with Crippen molar-refractivity contribution in [3.8, 4) is 0 Å². The summed E-state index contributed by atoms with van der Waals surface area (Å²) in [7, 11) is -3.89. The molecular formula is C16H23N3O3S. The second kappa shape index (κ2) is 6.57. The highest BCUT2D eigenvalue weighted by Crippen LogP contribution is 2.33. The Kier molecular flexibility index (Phi) is 4.68. The molecule has 1 saturated carbocycles. The van der Waals surface area contributed by atoms with Gasteiger partial charge in [-0.05, 0) is 36.8 Å². The van der Waals surface area contributed by atoms with Crippen molar-refractivity contribution in [1.29, 1.82) is 0 Å². The van der Waals surface area contributed by atoms with E-state index in [9.17, 15) is 13.2 Å². The van der Waals surface area contributed by atoms with E-state index in [-0.39, 0.29) is 10.9 Å². The molecule has 23 heavy (non-hydrogen) atoms. The number of hydrogen-bond acceptors (Lipinski definition) is 4. The number of carbonyl (C=O) groups is 1. The molecule has 1 saturated heterocycles. The van der Waals surface area contributed by atoms with E-state index in [1.165, 1.54) is 44.4 Å². The molecule has 1 aromatic heterocycles. The van der Waals surface area contributed by atoms with Crippen LogP contribution in [0.25, 0.3) is 0 Å². The van der Waals surface area contributed by atoms with E-state index in [1.54, 1.807) is 6.07 Å². The second-order valence-electron chi connectivity index (χ2n) is 6.72. The van der Waals surface area contributed by atoms with Crippen molar-refractivity contribution >= 4 is 15.9 Å². The summed E-state index contributed by atoms with van der Waals surface area (Å²) >= 11 is 0. The molecule has 0 spiro atoms.